The second-order valence-corrected chi connectivity index (χ2v) is 14.2. The first-order valence-electron chi connectivity index (χ1n) is 7.30. The lowest BCUT2D eigenvalue weighted by Crippen LogP contribution is -2.49. The highest BCUT2D eigenvalue weighted by molar-refractivity contribution is 7.86. The lowest BCUT2D eigenvalue weighted by atomic mass is 9.77. The summed E-state index contributed by atoms with van der Waals surface area (Å²) in [5.74, 6) is 0.720. The third kappa shape index (κ3) is 2.64. The third-order valence-electron chi connectivity index (χ3n) is 5.34. The topological polar surface area (TPSA) is 26.3 Å². The summed E-state index contributed by atoms with van der Waals surface area (Å²) in [5, 5.41) is 0.508. The van der Waals surface area contributed by atoms with Gasteiger partial charge in [0.25, 0.3) is 0 Å². The molecule has 4 heteroatoms. The van der Waals surface area contributed by atoms with Crippen LogP contribution < -0.4 is 0 Å². The van der Waals surface area contributed by atoms with Crippen LogP contribution in [0.4, 0.5) is 0 Å². The Morgan fingerprint density at radius 1 is 1.37 bits per heavy atom. The van der Waals surface area contributed by atoms with E-state index in [1.54, 1.807) is 0 Å². The van der Waals surface area contributed by atoms with Gasteiger partial charge in [-0.3, -0.25) is 4.21 Å². The van der Waals surface area contributed by atoms with Crippen molar-refractivity contribution in [1.82, 2.24) is 0 Å². The van der Waals surface area contributed by atoms with Gasteiger partial charge in [-0.15, -0.1) is 0 Å². The fourth-order valence-electron chi connectivity index (χ4n) is 2.87. The van der Waals surface area contributed by atoms with Gasteiger partial charge in [-0.2, -0.15) is 0 Å². The van der Waals surface area contributed by atoms with Gasteiger partial charge in [0.05, 0.1) is 6.10 Å². The summed E-state index contributed by atoms with van der Waals surface area (Å²) < 4.78 is 19.0. The van der Waals surface area contributed by atoms with Crippen molar-refractivity contribution in [2.24, 2.45) is 5.41 Å². The number of allylic oxidation sites excluding steroid dienone is 1. The van der Waals surface area contributed by atoms with Gasteiger partial charge < -0.3 is 4.43 Å². The summed E-state index contributed by atoms with van der Waals surface area (Å²) in [5.41, 5.74) is -0.0152. The molecule has 1 fully saturated rings. The van der Waals surface area contributed by atoms with E-state index in [0.29, 0.717) is 5.25 Å². The molecule has 1 aliphatic carbocycles. The van der Waals surface area contributed by atoms with Gasteiger partial charge in [-0.25, -0.2) is 0 Å². The van der Waals surface area contributed by atoms with E-state index in [-0.39, 0.29) is 16.6 Å². The zero-order valence-corrected chi connectivity index (χ0v) is 15.0. The molecular weight excluding hydrogens is 272 g/mol. The smallest absolute Gasteiger partial charge is 0.192 e. The van der Waals surface area contributed by atoms with Crippen molar-refractivity contribution in [1.29, 1.82) is 0 Å². The lowest BCUT2D eigenvalue weighted by Gasteiger charge is -2.43. The van der Waals surface area contributed by atoms with Crippen LogP contribution in [0.15, 0.2) is 12.2 Å². The van der Waals surface area contributed by atoms with Crippen LogP contribution in [0.1, 0.15) is 40.5 Å². The molecule has 1 heterocycles. The molecule has 1 unspecified atom stereocenters. The Bertz CT molecular complexity index is 411. The first-order valence-corrected chi connectivity index (χ1v) is 11.6. The number of hydrogen-bond donors (Lipinski definition) is 0. The molecule has 0 saturated carbocycles. The predicted octanol–water partition coefficient (Wildman–Crippen LogP) is 3.86. The Hall–Kier alpha value is 0.0669. The van der Waals surface area contributed by atoms with Crippen LogP contribution in [0.5, 0.6) is 0 Å². The zero-order chi connectivity index (χ0) is 14.5. The van der Waals surface area contributed by atoms with E-state index in [1.165, 1.54) is 0 Å². The van der Waals surface area contributed by atoms with Crippen molar-refractivity contribution in [3.05, 3.63) is 12.2 Å². The van der Waals surface area contributed by atoms with E-state index in [2.05, 4.69) is 52.9 Å². The molecule has 19 heavy (non-hydrogen) atoms. The number of fused-ring (bicyclic) bond motifs is 1. The van der Waals surface area contributed by atoms with Crippen LogP contribution in [-0.2, 0) is 15.2 Å². The quantitative estimate of drug-likeness (QED) is 0.572. The largest absolute Gasteiger partial charge is 0.412 e. The fraction of sp³-hybridized carbons (Fsp3) is 0.867. The highest BCUT2D eigenvalue weighted by atomic mass is 32.2. The maximum absolute atomic E-state index is 12.4. The Kier molecular flexibility index (Phi) is 3.92. The molecule has 0 amide bonds. The molecule has 0 N–H and O–H groups in total. The molecule has 2 nitrogen and oxygen atoms in total. The van der Waals surface area contributed by atoms with Gasteiger partial charge in [-0.05, 0) is 31.0 Å². The molecular formula is C15H28O2SSi. The van der Waals surface area contributed by atoms with Gasteiger partial charge >= 0.3 is 0 Å². The van der Waals surface area contributed by atoms with E-state index in [1.807, 2.05) is 0 Å². The summed E-state index contributed by atoms with van der Waals surface area (Å²) in [6.45, 7) is 13.6. The van der Waals surface area contributed by atoms with Gasteiger partial charge in [0.2, 0.25) is 0 Å². The minimum Gasteiger partial charge on any atom is -0.412 e. The average Bonchev–Trinajstić information content (AvgIpc) is 2.49. The van der Waals surface area contributed by atoms with E-state index >= 15 is 0 Å². The highest BCUT2D eigenvalue weighted by Gasteiger charge is 2.53. The van der Waals surface area contributed by atoms with E-state index in [4.69, 9.17) is 4.43 Å². The van der Waals surface area contributed by atoms with E-state index in [9.17, 15) is 4.21 Å². The number of rotatable bonds is 2. The molecule has 4 atom stereocenters. The Labute approximate surface area is 121 Å². The molecule has 110 valence electrons. The van der Waals surface area contributed by atoms with Gasteiger partial charge in [0.15, 0.2) is 8.32 Å². The molecule has 2 rings (SSSR count). The van der Waals surface area contributed by atoms with Crippen LogP contribution in [0.3, 0.4) is 0 Å². The average molecular weight is 301 g/mol. The molecule has 0 aromatic heterocycles. The van der Waals surface area contributed by atoms with E-state index in [0.717, 1.165) is 18.6 Å². The summed E-state index contributed by atoms with van der Waals surface area (Å²) in [7, 11) is -2.52. The molecule has 0 spiro atoms. The SMILES string of the molecule is CC(C)(C)[Si](C)(C)O[C@H]1CS(=O)[C@@H]2CCC=C[C@]12C. The Balaban J connectivity index is 2.24. The molecule has 0 aromatic rings. The van der Waals surface area contributed by atoms with Gasteiger partial charge in [-0.1, -0.05) is 39.8 Å². The molecule has 0 bridgehead atoms. The highest BCUT2D eigenvalue weighted by Crippen LogP contribution is 2.48. The van der Waals surface area contributed by atoms with Crippen LogP contribution in [0, 0.1) is 5.41 Å². The summed E-state index contributed by atoms with van der Waals surface area (Å²) in [6, 6.07) is 0. The van der Waals surface area contributed by atoms with E-state index < -0.39 is 19.1 Å². The maximum Gasteiger partial charge on any atom is 0.192 e. The van der Waals surface area contributed by atoms with Crippen LogP contribution in [-0.4, -0.2) is 29.6 Å². The Morgan fingerprint density at radius 3 is 2.58 bits per heavy atom. The summed E-state index contributed by atoms with van der Waals surface area (Å²) in [6.07, 6.45) is 6.79. The van der Waals surface area contributed by atoms with Crippen LogP contribution in [0.2, 0.25) is 18.1 Å². The summed E-state index contributed by atoms with van der Waals surface area (Å²) >= 11 is 0. The van der Waals surface area contributed by atoms with Crippen molar-refractivity contribution >= 4 is 19.1 Å². The van der Waals surface area contributed by atoms with Crippen molar-refractivity contribution < 1.29 is 8.63 Å². The first kappa shape index (κ1) is 15.5. The minimum atomic E-state index is -1.79. The second kappa shape index (κ2) is 4.81. The second-order valence-electron chi connectivity index (χ2n) is 7.75. The van der Waals surface area contributed by atoms with Crippen LogP contribution >= 0.6 is 0 Å². The first-order chi connectivity index (χ1) is 8.58. The molecule has 0 radical (unpaired) electrons. The molecule has 0 aromatic carbocycles. The van der Waals surface area contributed by atoms with Crippen molar-refractivity contribution in [3.63, 3.8) is 0 Å². The molecule has 1 aliphatic heterocycles. The monoisotopic (exact) mass is 300 g/mol. The lowest BCUT2D eigenvalue weighted by molar-refractivity contribution is 0.104. The fourth-order valence-corrected chi connectivity index (χ4v) is 6.55. The number of hydrogen-bond acceptors (Lipinski definition) is 2. The van der Waals surface area contributed by atoms with Crippen molar-refractivity contribution in [2.45, 2.75) is 70.0 Å². The van der Waals surface area contributed by atoms with Crippen molar-refractivity contribution in [2.75, 3.05) is 5.75 Å². The molecule has 1 saturated heterocycles. The Morgan fingerprint density at radius 2 is 2.00 bits per heavy atom. The minimum absolute atomic E-state index is 0.0152. The standard InChI is InChI=1S/C15H28O2SSi/c1-14(2,3)19(5,6)17-12-11-18(16)13-9-7-8-10-15(12,13)4/h8,10,12-13H,7,9,11H2,1-6H3/t12-,13+,15+,18?/m0/s1. The maximum atomic E-state index is 12.4. The normalized spacial score (nSPS) is 39.4. The third-order valence-corrected chi connectivity index (χ3v) is 11.8. The predicted molar refractivity (Wildman–Crippen MR) is 85.3 cm³/mol. The van der Waals surface area contributed by atoms with Gasteiger partial charge in [0, 0.05) is 27.2 Å². The van der Waals surface area contributed by atoms with Crippen LogP contribution in [0.25, 0.3) is 0 Å². The zero-order valence-electron chi connectivity index (χ0n) is 13.2. The molecule has 2 aliphatic rings. The van der Waals surface area contributed by atoms with Crippen molar-refractivity contribution in [3.8, 4) is 0 Å². The summed E-state index contributed by atoms with van der Waals surface area (Å²) in [4.78, 5) is 0. The van der Waals surface area contributed by atoms with Gasteiger partial charge in [0.1, 0.15) is 0 Å².